The highest BCUT2D eigenvalue weighted by Gasteiger charge is 2.35. The van der Waals surface area contributed by atoms with Crippen molar-refractivity contribution in [3.8, 4) is 0 Å². The van der Waals surface area contributed by atoms with Crippen molar-refractivity contribution in [3.05, 3.63) is 17.0 Å². The summed E-state index contributed by atoms with van der Waals surface area (Å²) in [7, 11) is 0. The van der Waals surface area contributed by atoms with Crippen LogP contribution < -0.4 is 5.32 Å². The average molecular weight is 268 g/mol. The smallest absolute Gasteiger partial charge is 0.408 e. The summed E-state index contributed by atoms with van der Waals surface area (Å²) in [4.78, 5) is 23.2. The number of nitrogens with one attached hydrogen (secondary N) is 1. The summed E-state index contributed by atoms with van der Waals surface area (Å²) < 4.78 is 10.2. The average Bonchev–Trinajstić information content (AvgIpc) is 2.55. The molecule has 0 aromatic carbocycles. The highest BCUT2D eigenvalue weighted by Crippen LogP contribution is 2.26. The first kappa shape index (κ1) is 15.2. The van der Waals surface area contributed by atoms with Crippen molar-refractivity contribution in [2.75, 3.05) is 0 Å². The van der Waals surface area contributed by atoms with Crippen LogP contribution in [0.3, 0.4) is 0 Å². The van der Waals surface area contributed by atoms with Gasteiger partial charge in [-0.3, -0.25) is 0 Å². The van der Waals surface area contributed by atoms with Gasteiger partial charge in [0.2, 0.25) is 0 Å². The van der Waals surface area contributed by atoms with Crippen LogP contribution >= 0.6 is 0 Å². The van der Waals surface area contributed by atoms with Gasteiger partial charge in [-0.25, -0.2) is 4.79 Å². The summed E-state index contributed by atoms with van der Waals surface area (Å²) in [5, 5.41) is 6.34. The van der Waals surface area contributed by atoms with E-state index in [9.17, 15) is 9.59 Å². The molecule has 1 atom stereocenters. The van der Waals surface area contributed by atoms with Crippen molar-refractivity contribution in [1.82, 2.24) is 10.5 Å². The Hall–Kier alpha value is -1.85. The molecule has 0 aliphatic rings. The van der Waals surface area contributed by atoms with Gasteiger partial charge in [0.05, 0.1) is 5.69 Å². The van der Waals surface area contributed by atoms with Crippen molar-refractivity contribution in [2.24, 2.45) is 0 Å². The Morgan fingerprint density at radius 1 is 1.32 bits per heavy atom. The van der Waals surface area contributed by atoms with Crippen LogP contribution in [0.4, 0.5) is 4.79 Å². The molecule has 0 bridgehead atoms. The normalized spacial score (nSPS) is 14.6. The predicted molar refractivity (Wildman–Crippen MR) is 68.8 cm³/mol. The first-order chi connectivity index (χ1) is 8.59. The fourth-order valence-corrected chi connectivity index (χ4v) is 1.89. The molecule has 1 rings (SSSR count). The standard InChI is InChI=1S/C13H20N2O4/c1-8-10(9(2)19-15-8)13(6,7-16)14-11(17)18-12(3,4)5/h7H,1-6H3,(H,14,17). The number of rotatable bonds is 3. The Bertz CT molecular complexity index is 468. The quantitative estimate of drug-likeness (QED) is 0.850. The summed E-state index contributed by atoms with van der Waals surface area (Å²) in [6.07, 6.45) is -0.0224. The number of aldehydes is 1. The zero-order valence-electron chi connectivity index (χ0n) is 12.2. The summed E-state index contributed by atoms with van der Waals surface area (Å²) in [6.45, 7) is 10.2. The number of aryl methyl sites for hydroxylation is 2. The molecule has 0 saturated carbocycles. The third-order valence-corrected chi connectivity index (χ3v) is 2.55. The van der Waals surface area contributed by atoms with Crippen LogP contribution in [0.1, 0.15) is 44.7 Å². The number of hydrogen-bond acceptors (Lipinski definition) is 5. The second kappa shape index (κ2) is 5.03. The minimum absolute atomic E-state index is 0.489. The minimum atomic E-state index is -1.23. The molecule has 19 heavy (non-hydrogen) atoms. The van der Waals surface area contributed by atoms with E-state index in [4.69, 9.17) is 9.26 Å². The minimum Gasteiger partial charge on any atom is -0.444 e. The Kier molecular flexibility index (Phi) is 4.03. The maximum Gasteiger partial charge on any atom is 0.408 e. The number of hydrogen-bond donors (Lipinski definition) is 1. The molecule has 1 aromatic heterocycles. The highest BCUT2D eigenvalue weighted by atomic mass is 16.6. The highest BCUT2D eigenvalue weighted by molar-refractivity contribution is 5.78. The van der Waals surface area contributed by atoms with E-state index in [1.54, 1.807) is 41.5 Å². The van der Waals surface area contributed by atoms with Crippen LogP contribution in [0.2, 0.25) is 0 Å². The number of alkyl carbamates (subject to hydrolysis) is 1. The van der Waals surface area contributed by atoms with Gasteiger partial charge in [0.25, 0.3) is 0 Å². The third kappa shape index (κ3) is 3.56. The number of carbonyl (C=O) groups is 2. The second-order valence-electron chi connectivity index (χ2n) is 5.65. The maximum absolute atomic E-state index is 11.8. The van der Waals surface area contributed by atoms with Crippen LogP contribution in [0, 0.1) is 13.8 Å². The number of ether oxygens (including phenoxy) is 1. The monoisotopic (exact) mass is 268 g/mol. The Morgan fingerprint density at radius 3 is 2.26 bits per heavy atom. The largest absolute Gasteiger partial charge is 0.444 e. The van der Waals surface area contributed by atoms with Gasteiger partial charge in [-0.15, -0.1) is 0 Å². The zero-order chi connectivity index (χ0) is 14.8. The van der Waals surface area contributed by atoms with Crippen molar-refractivity contribution < 1.29 is 18.8 Å². The topological polar surface area (TPSA) is 81.4 Å². The lowest BCUT2D eigenvalue weighted by molar-refractivity contribution is -0.113. The molecule has 0 spiro atoms. The molecule has 0 fully saturated rings. The van der Waals surface area contributed by atoms with E-state index < -0.39 is 17.2 Å². The number of nitrogens with zero attached hydrogens (tertiary/aromatic N) is 1. The van der Waals surface area contributed by atoms with Crippen LogP contribution in [0.25, 0.3) is 0 Å². The Balaban J connectivity index is 3.00. The van der Waals surface area contributed by atoms with E-state index in [0.717, 1.165) is 0 Å². The van der Waals surface area contributed by atoms with E-state index in [1.165, 1.54) is 0 Å². The first-order valence-electron chi connectivity index (χ1n) is 6.00. The molecule has 1 aromatic rings. The van der Waals surface area contributed by atoms with Gasteiger partial charge in [0.15, 0.2) is 0 Å². The van der Waals surface area contributed by atoms with Crippen LogP contribution in [-0.4, -0.2) is 23.1 Å². The van der Waals surface area contributed by atoms with Gasteiger partial charge in [-0.2, -0.15) is 0 Å². The van der Waals surface area contributed by atoms with Gasteiger partial charge in [0, 0.05) is 5.56 Å². The summed E-state index contributed by atoms with van der Waals surface area (Å²) >= 11 is 0. The fourth-order valence-electron chi connectivity index (χ4n) is 1.89. The van der Waals surface area contributed by atoms with Gasteiger partial charge in [-0.05, 0) is 41.5 Å². The van der Waals surface area contributed by atoms with Crippen molar-refractivity contribution in [3.63, 3.8) is 0 Å². The molecule has 1 heterocycles. The number of carbonyl (C=O) groups excluding carboxylic acids is 2. The molecule has 1 N–H and O–H groups in total. The lowest BCUT2D eigenvalue weighted by Gasteiger charge is -2.27. The summed E-state index contributed by atoms with van der Waals surface area (Å²) in [6, 6.07) is 0. The van der Waals surface area contributed by atoms with E-state index in [-0.39, 0.29) is 0 Å². The van der Waals surface area contributed by atoms with E-state index in [2.05, 4.69) is 10.5 Å². The van der Waals surface area contributed by atoms with Gasteiger partial charge < -0.3 is 19.4 Å². The molecule has 106 valence electrons. The molecule has 6 heteroatoms. The maximum atomic E-state index is 11.8. The van der Waals surface area contributed by atoms with Crippen LogP contribution in [0.5, 0.6) is 0 Å². The Labute approximate surface area is 112 Å². The molecule has 0 aliphatic heterocycles. The molecule has 6 nitrogen and oxygen atoms in total. The third-order valence-electron chi connectivity index (χ3n) is 2.55. The lowest BCUT2D eigenvalue weighted by atomic mass is 9.92. The van der Waals surface area contributed by atoms with Crippen molar-refractivity contribution in [2.45, 2.75) is 52.7 Å². The Morgan fingerprint density at radius 2 is 1.89 bits per heavy atom. The molecular weight excluding hydrogens is 248 g/mol. The second-order valence-corrected chi connectivity index (χ2v) is 5.65. The van der Waals surface area contributed by atoms with E-state index in [1.807, 2.05) is 0 Å². The fraction of sp³-hybridized carbons (Fsp3) is 0.615. The molecular formula is C13H20N2O4. The predicted octanol–water partition coefficient (Wildman–Crippen LogP) is 2.23. The summed E-state index contributed by atoms with van der Waals surface area (Å²) in [5.41, 5.74) is -0.750. The SMILES string of the molecule is Cc1noc(C)c1C(C)(C=O)NC(=O)OC(C)(C)C. The number of amides is 1. The summed E-state index contributed by atoms with van der Waals surface area (Å²) in [5.74, 6) is 0.489. The van der Waals surface area contributed by atoms with Crippen molar-refractivity contribution in [1.29, 1.82) is 0 Å². The first-order valence-corrected chi connectivity index (χ1v) is 6.00. The molecule has 0 saturated heterocycles. The van der Waals surface area contributed by atoms with Gasteiger partial charge in [0.1, 0.15) is 23.2 Å². The molecule has 0 aliphatic carbocycles. The molecule has 0 radical (unpaired) electrons. The molecule has 1 unspecified atom stereocenters. The van der Waals surface area contributed by atoms with Crippen LogP contribution in [0.15, 0.2) is 4.52 Å². The van der Waals surface area contributed by atoms with Crippen LogP contribution in [-0.2, 0) is 15.1 Å². The lowest BCUT2D eigenvalue weighted by Crippen LogP contribution is -2.47. The zero-order valence-corrected chi connectivity index (χ0v) is 12.2. The van der Waals surface area contributed by atoms with Gasteiger partial charge >= 0.3 is 6.09 Å². The van der Waals surface area contributed by atoms with E-state index in [0.29, 0.717) is 23.3 Å². The number of aromatic nitrogens is 1. The van der Waals surface area contributed by atoms with E-state index >= 15 is 0 Å². The van der Waals surface area contributed by atoms with Crippen molar-refractivity contribution >= 4 is 12.4 Å². The van der Waals surface area contributed by atoms with Gasteiger partial charge in [-0.1, -0.05) is 5.16 Å². The molecule has 1 amide bonds.